The molecule has 0 aliphatic heterocycles. The molecule has 0 fully saturated rings. The Morgan fingerprint density at radius 2 is 1.89 bits per heavy atom. The van der Waals surface area contributed by atoms with Crippen LogP contribution in [0.2, 0.25) is 10.0 Å². The smallest absolute Gasteiger partial charge is 0.266 e. The van der Waals surface area contributed by atoms with Crippen LogP contribution in [0.5, 0.6) is 11.5 Å². The molecule has 2 aromatic carbocycles. The van der Waals surface area contributed by atoms with Crippen molar-refractivity contribution in [1.29, 1.82) is 5.26 Å². The van der Waals surface area contributed by atoms with Crippen molar-refractivity contribution in [3.63, 3.8) is 0 Å². The second kappa shape index (κ2) is 10.6. The summed E-state index contributed by atoms with van der Waals surface area (Å²) in [5.74, 6) is 0.582. The molecule has 1 N–H and O–H groups in total. The molecule has 0 saturated carbocycles. The highest BCUT2D eigenvalue weighted by atomic mass is 35.5. The van der Waals surface area contributed by atoms with Crippen LogP contribution in [0.4, 0.5) is 5.69 Å². The second-order valence-electron chi connectivity index (χ2n) is 5.89. The highest BCUT2D eigenvalue weighted by molar-refractivity contribution is 6.35. The van der Waals surface area contributed by atoms with Gasteiger partial charge in [-0.05, 0) is 48.4 Å². The van der Waals surface area contributed by atoms with Crippen LogP contribution < -0.4 is 14.8 Å². The maximum Gasteiger partial charge on any atom is 0.266 e. The van der Waals surface area contributed by atoms with Crippen LogP contribution in [0, 0.1) is 11.3 Å². The van der Waals surface area contributed by atoms with Gasteiger partial charge in [-0.3, -0.25) is 4.79 Å². The topological polar surface area (TPSA) is 71.3 Å². The van der Waals surface area contributed by atoms with E-state index in [1.807, 2.05) is 6.07 Å². The van der Waals surface area contributed by atoms with Crippen molar-refractivity contribution in [2.75, 3.05) is 19.0 Å². The molecule has 1 amide bonds. The van der Waals surface area contributed by atoms with Gasteiger partial charge in [-0.1, -0.05) is 42.6 Å². The molecule has 0 heterocycles. The van der Waals surface area contributed by atoms with E-state index in [4.69, 9.17) is 32.7 Å². The predicted molar refractivity (Wildman–Crippen MR) is 112 cm³/mol. The first kappa shape index (κ1) is 21.6. The molecule has 28 heavy (non-hydrogen) atoms. The van der Waals surface area contributed by atoms with Crippen molar-refractivity contribution < 1.29 is 14.3 Å². The summed E-state index contributed by atoms with van der Waals surface area (Å²) in [4.78, 5) is 12.4. The molecule has 0 bridgehead atoms. The van der Waals surface area contributed by atoms with Gasteiger partial charge in [0.2, 0.25) is 0 Å². The third-order valence-corrected chi connectivity index (χ3v) is 4.18. The number of nitrogens with zero attached hydrogens (tertiary/aromatic N) is 1. The van der Waals surface area contributed by atoms with Crippen molar-refractivity contribution in [2.24, 2.45) is 0 Å². The summed E-state index contributed by atoms with van der Waals surface area (Å²) in [6.07, 6.45) is 3.40. The fraction of sp³-hybridized carbons (Fsp3) is 0.238. The molecule has 2 aromatic rings. The fourth-order valence-corrected chi connectivity index (χ4v) is 2.89. The number of benzene rings is 2. The number of hydrogen-bond acceptors (Lipinski definition) is 4. The molecule has 2 rings (SSSR count). The monoisotopic (exact) mass is 418 g/mol. The number of methoxy groups -OCH3 is 1. The van der Waals surface area contributed by atoms with Gasteiger partial charge in [-0.2, -0.15) is 5.26 Å². The highest BCUT2D eigenvalue weighted by Gasteiger charge is 2.12. The van der Waals surface area contributed by atoms with E-state index in [1.54, 1.807) is 43.5 Å². The Morgan fingerprint density at radius 3 is 2.50 bits per heavy atom. The summed E-state index contributed by atoms with van der Waals surface area (Å²) in [5, 5.41) is 12.8. The number of rotatable bonds is 8. The zero-order valence-electron chi connectivity index (χ0n) is 15.6. The molecule has 0 aliphatic carbocycles. The first-order valence-electron chi connectivity index (χ1n) is 8.67. The average Bonchev–Trinajstić information content (AvgIpc) is 2.65. The zero-order valence-corrected chi connectivity index (χ0v) is 17.1. The summed E-state index contributed by atoms with van der Waals surface area (Å²) in [6.45, 7) is 2.63. The van der Waals surface area contributed by atoms with E-state index in [0.717, 1.165) is 12.8 Å². The quantitative estimate of drug-likeness (QED) is 0.337. The Bertz CT molecular complexity index is 900. The molecule has 0 saturated heterocycles. The number of carbonyl (C=O) groups excluding carboxylic acids is 1. The molecular formula is C21H20Cl2N2O3. The fourth-order valence-electron chi connectivity index (χ4n) is 2.36. The van der Waals surface area contributed by atoms with Crippen molar-refractivity contribution in [1.82, 2.24) is 0 Å². The van der Waals surface area contributed by atoms with Gasteiger partial charge >= 0.3 is 0 Å². The Balaban J connectivity index is 2.23. The molecule has 7 heteroatoms. The molecule has 0 radical (unpaired) electrons. The van der Waals surface area contributed by atoms with Crippen LogP contribution in [0.3, 0.4) is 0 Å². The van der Waals surface area contributed by atoms with E-state index >= 15 is 0 Å². The number of amides is 1. The van der Waals surface area contributed by atoms with Crippen molar-refractivity contribution in [3.05, 3.63) is 57.6 Å². The summed E-state index contributed by atoms with van der Waals surface area (Å²) >= 11 is 11.9. The van der Waals surface area contributed by atoms with E-state index < -0.39 is 5.91 Å². The third kappa shape index (κ3) is 6.19. The highest BCUT2D eigenvalue weighted by Crippen LogP contribution is 2.29. The Hall–Kier alpha value is -2.68. The van der Waals surface area contributed by atoms with Crippen molar-refractivity contribution >= 4 is 40.9 Å². The third-order valence-electron chi connectivity index (χ3n) is 3.74. The molecule has 146 valence electrons. The minimum Gasteiger partial charge on any atom is -0.493 e. The summed E-state index contributed by atoms with van der Waals surface area (Å²) in [6, 6.07) is 11.8. The van der Waals surface area contributed by atoms with Crippen molar-refractivity contribution in [2.45, 2.75) is 19.8 Å². The predicted octanol–water partition coefficient (Wildman–Crippen LogP) is 5.73. The zero-order chi connectivity index (χ0) is 20.5. The largest absolute Gasteiger partial charge is 0.493 e. The van der Waals surface area contributed by atoms with Gasteiger partial charge in [0, 0.05) is 15.7 Å². The lowest BCUT2D eigenvalue weighted by Crippen LogP contribution is -2.13. The minimum atomic E-state index is -0.565. The SMILES string of the molecule is CCCCOc1cc(/C=C(\C#N)C(=O)Nc2cc(Cl)cc(Cl)c2)ccc1OC. The normalized spacial score (nSPS) is 10.9. The molecule has 0 spiro atoms. The van der Waals surface area contributed by atoms with Gasteiger partial charge in [0.05, 0.1) is 13.7 Å². The number of unbranched alkanes of at least 4 members (excludes halogenated alkanes) is 1. The maximum atomic E-state index is 12.4. The maximum absolute atomic E-state index is 12.4. The standard InChI is InChI=1S/C21H20Cl2N2O3/c1-3-4-7-28-20-9-14(5-6-19(20)27-2)8-15(13-24)21(26)25-18-11-16(22)10-17(23)12-18/h5-6,8-12H,3-4,7H2,1-2H3,(H,25,26)/b15-8+. The molecule has 5 nitrogen and oxygen atoms in total. The minimum absolute atomic E-state index is 0.0687. The van der Waals surface area contributed by atoms with Gasteiger partial charge in [0.15, 0.2) is 11.5 Å². The first-order valence-corrected chi connectivity index (χ1v) is 9.42. The molecule has 0 aliphatic rings. The number of carbonyl (C=O) groups is 1. The van der Waals surface area contributed by atoms with Gasteiger partial charge in [-0.15, -0.1) is 0 Å². The number of anilines is 1. The molecule has 0 unspecified atom stereocenters. The number of nitriles is 1. The van der Waals surface area contributed by atoms with Crippen molar-refractivity contribution in [3.8, 4) is 17.6 Å². The summed E-state index contributed by atoms with van der Waals surface area (Å²) in [5.41, 5.74) is 0.978. The summed E-state index contributed by atoms with van der Waals surface area (Å²) < 4.78 is 11.0. The van der Waals surface area contributed by atoms with Gasteiger partial charge < -0.3 is 14.8 Å². The number of halogens is 2. The lowest BCUT2D eigenvalue weighted by Gasteiger charge is -2.11. The van der Waals surface area contributed by atoms with Gasteiger partial charge in [0.1, 0.15) is 11.6 Å². The Morgan fingerprint density at radius 1 is 1.18 bits per heavy atom. The van der Waals surface area contributed by atoms with E-state index in [-0.39, 0.29) is 5.57 Å². The lowest BCUT2D eigenvalue weighted by atomic mass is 10.1. The lowest BCUT2D eigenvalue weighted by molar-refractivity contribution is -0.112. The van der Waals surface area contributed by atoms with Crippen LogP contribution in [0.25, 0.3) is 6.08 Å². The Kier molecular flexibility index (Phi) is 8.19. The Labute approximate surface area is 174 Å². The van der Waals surface area contributed by atoms with Crippen LogP contribution in [0.1, 0.15) is 25.3 Å². The molecule has 0 atom stereocenters. The number of hydrogen-bond donors (Lipinski definition) is 1. The van der Waals surface area contributed by atoms with E-state index in [2.05, 4.69) is 12.2 Å². The number of ether oxygens (including phenoxy) is 2. The van der Waals surface area contributed by atoms with Gasteiger partial charge in [-0.25, -0.2) is 0 Å². The van der Waals surface area contributed by atoms with Crippen LogP contribution in [-0.2, 0) is 4.79 Å². The number of nitrogens with one attached hydrogen (secondary N) is 1. The van der Waals surface area contributed by atoms with E-state index in [0.29, 0.717) is 39.4 Å². The van der Waals surface area contributed by atoms with Gasteiger partial charge in [0.25, 0.3) is 5.91 Å². The summed E-state index contributed by atoms with van der Waals surface area (Å²) in [7, 11) is 1.56. The van der Waals surface area contributed by atoms with Crippen LogP contribution in [-0.4, -0.2) is 19.6 Å². The molecule has 0 aromatic heterocycles. The molecular weight excluding hydrogens is 399 g/mol. The first-order chi connectivity index (χ1) is 13.5. The second-order valence-corrected chi connectivity index (χ2v) is 6.77. The average molecular weight is 419 g/mol. The van der Waals surface area contributed by atoms with Crippen LogP contribution >= 0.6 is 23.2 Å². The van der Waals surface area contributed by atoms with E-state index in [9.17, 15) is 10.1 Å². The van der Waals surface area contributed by atoms with Crippen LogP contribution in [0.15, 0.2) is 42.0 Å². The van der Waals surface area contributed by atoms with E-state index in [1.165, 1.54) is 6.08 Å².